The molecule has 180 valence electrons. The number of carbonyl (C=O) groups is 1. The molecule has 0 radical (unpaired) electrons. The van der Waals surface area contributed by atoms with E-state index in [9.17, 15) is 18.0 Å². The van der Waals surface area contributed by atoms with Crippen LogP contribution in [0.1, 0.15) is 35.8 Å². The summed E-state index contributed by atoms with van der Waals surface area (Å²) in [6.07, 6.45) is 1.59. The number of hydrogen-bond donors (Lipinski definition) is 1. The van der Waals surface area contributed by atoms with Crippen LogP contribution in [0.15, 0.2) is 58.2 Å². The Labute approximate surface area is 203 Å². The summed E-state index contributed by atoms with van der Waals surface area (Å²) in [5.74, 6) is -0.174. The number of para-hydroxylation sites is 1. The van der Waals surface area contributed by atoms with E-state index in [1.807, 2.05) is 18.2 Å². The number of anilines is 1. The van der Waals surface area contributed by atoms with E-state index in [-0.39, 0.29) is 21.2 Å². The van der Waals surface area contributed by atoms with Crippen LogP contribution in [-0.2, 0) is 17.1 Å². The number of carbonyl (C=O) groups excluding carboxylic acids is 1. The molecule has 3 aromatic rings. The summed E-state index contributed by atoms with van der Waals surface area (Å²) >= 11 is 6.27. The van der Waals surface area contributed by atoms with Gasteiger partial charge in [-0.25, -0.2) is 13.1 Å². The Kier molecular flexibility index (Phi) is 6.71. The first-order valence-corrected chi connectivity index (χ1v) is 12.9. The Hall–Kier alpha value is -2.88. The predicted octanol–water partition coefficient (Wildman–Crippen LogP) is 3.81. The molecular weight excluding hydrogens is 476 g/mol. The molecule has 1 aromatic heterocycles. The summed E-state index contributed by atoms with van der Waals surface area (Å²) in [5, 5.41) is 2.74. The van der Waals surface area contributed by atoms with Gasteiger partial charge in [0.05, 0.1) is 26.9 Å². The third-order valence-corrected chi connectivity index (χ3v) is 8.58. The monoisotopic (exact) mass is 502 g/mol. The number of halogens is 1. The van der Waals surface area contributed by atoms with Crippen LogP contribution in [0, 0.1) is 12.8 Å². The van der Waals surface area contributed by atoms with Gasteiger partial charge < -0.3 is 5.32 Å². The van der Waals surface area contributed by atoms with Crippen molar-refractivity contribution in [3.05, 3.63) is 75.2 Å². The van der Waals surface area contributed by atoms with E-state index < -0.39 is 21.5 Å². The van der Waals surface area contributed by atoms with E-state index >= 15 is 0 Å². The zero-order valence-electron chi connectivity index (χ0n) is 19.3. The van der Waals surface area contributed by atoms with Gasteiger partial charge in [0.15, 0.2) is 0 Å². The van der Waals surface area contributed by atoms with Gasteiger partial charge >= 0.3 is 0 Å². The SMILES string of the molecule is Cc1c(NC(=O)c2cc(S(=O)(=O)N3CCC(C)CC3)ccc2Cl)c(=O)n(-c2ccccc2)n1C. The molecular formula is C24H27ClN4O4S. The second-order valence-electron chi connectivity index (χ2n) is 8.62. The average Bonchev–Trinajstić information content (AvgIpc) is 3.03. The quantitative estimate of drug-likeness (QED) is 0.574. The minimum atomic E-state index is -3.76. The fraction of sp³-hybridized carbons (Fsp3) is 0.333. The standard InChI is InChI=1S/C24H27ClN4O4S/c1-16-11-13-28(14-12-16)34(32,33)19-9-10-21(25)20(15-19)23(30)26-22-17(2)27(3)29(24(22)31)18-7-5-4-6-8-18/h4-10,15-16H,11-14H2,1-3H3,(H,26,30). The summed E-state index contributed by atoms with van der Waals surface area (Å²) in [5.41, 5.74) is 0.889. The van der Waals surface area contributed by atoms with E-state index in [4.69, 9.17) is 11.6 Å². The lowest BCUT2D eigenvalue weighted by Gasteiger charge is -2.29. The molecule has 0 spiro atoms. The molecule has 1 fully saturated rings. The predicted molar refractivity (Wildman–Crippen MR) is 132 cm³/mol. The van der Waals surface area contributed by atoms with Gasteiger partial charge in [-0.3, -0.25) is 14.3 Å². The van der Waals surface area contributed by atoms with Gasteiger partial charge in [0.1, 0.15) is 5.69 Å². The summed E-state index contributed by atoms with van der Waals surface area (Å²) in [6, 6.07) is 13.1. The van der Waals surface area contributed by atoms with Crippen molar-refractivity contribution >= 4 is 33.2 Å². The number of hydrogen-bond acceptors (Lipinski definition) is 4. The molecule has 8 nitrogen and oxygen atoms in total. The molecule has 0 atom stereocenters. The number of aromatic nitrogens is 2. The normalized spacial score (nSPS) is 15.4. The van der Waals surface area contributed by atoms with Gasteiger partial charge in [0, 0.05) is 20.1 Å². The fourth-order valence-corrected chi connectivity index (χ4v) is 5.81. The molecule has 0 aliphatic carbocycles. The van der Waals surface area contributed by atoms with Gasteiger partial charge in [-0.05, 0) is 56.0 Å². The zero-order valence-corrected chi connectivity index (χ0v) is 20.9. The summed E-state index contributed by atoms with van der Waals surface area (Å²) in [6.45, 7) is 4.70. The van der Waals surface area contributed by atoms with E-state index in [1.165, 1.54) is 27.2 Å². The van der Waals surface area contributed by atoms with Crippen LogP contribution in [0.2, 0.25) is 5.02 Å². The smallest absolute Gasteiger partial charge is 0.295 e. The summed E-state index contributed by atoms with van der Waals surface area (Å²) < 4.78 is 30.8. The van der Waals surface area contributed by atoms with Gasteiger partial charge in [-0.2, -0.15) is 4.31 Å². The number of benzene rings is 2. The Morgan fingerprint density at radius 3 is 2.38 bits per heavy atom. The fourth-order valence-electron chi connectivity index (χ4n) is 4.11. The molecule has 2 aromatic carbocycles. The minimum Gasteiger partial charge on any atom is -0.316 e. The highest BCUT2D eigenvalue weighted by atomic mass is 35.5. The molecule has 1 saturated heterocycles. The Morgan fingerprint density at radius 1 is 1.09 bits per heavy atom. The van der Waals surface area contributed by atoms with Crippen LogP contribution < -0.4 is 10.9 Å². The molecule has 0 saturated carbocycles. The number of piperidine rings is 1. The molecule has 0 bridgehead atoms. The van der Waals surface area contributed by atoms with Crippen molar-refractivity contribution in [1.82, 2.24) is 13.7 Å². The maximum atomic E-state index is 13.1. The van der Waals surface area contributed by atoms with Crippen molar-refractivity contribution in [3.8, 4) is 5.69 Å². The van der Waals surface area contributed by atoms with Crippen LogP contribution in [-0.4, -0.2) is 41.1 Å². The highest BCUT2D eigenvalue weighted by Crippen LogP contribution is 2.27. The third kappa shape index (κ3) is 4.43. The zero-order chi connectivity index (χ0) is 24.6. The number of nitrogens with zero attached hydrogens (tertiary/aromatic N) is 3. The molecule has 1 aliphatic rings. The third-order valence-electron chi connectivity index (χ3n) is 6.36. The average molecular weight is 503 g/mol. The van der Waals surface area contributed by atoms with Crippen LogP contribution in [0.4, 0.5) is 5.69 Å². The Bertz CT molecular complexity index is 1390. The molecule has 1 N–H and O–H groups in total. The van der Waals surface area contributed by atoms with Gasteiger partial charge in [0.25, 0.3) is 11.5 Å². The lowest BCUT2D eigenvalue weighted by Crippen LogP contribution is -2.38. The van der Waals surface area contributed by atoms with Crippen LogP contribution in [0.3, 0.4) is 0 Å². The largest absolute Gasteiger partial charge is 0.316 e. The van der Waals surface area contributed by atoms with Gasteiger partial charge in [0.2, 0.25) is 10.0 Å². The van der Waals surface area contributed by atoms with Crippen molar-refractivity contribution in [2.75, 3.05) is 18.4 Å². The van der Waals surface area contributed by atoms with Crippen molar-refractivity contribution in [1.29, 1.82) is 0 Å². The second kappa shape index (κ2) is 9.40. The second-order valence-corrected chi connectivity index (χ2v) is 11.0. The van der Waals surface area contributed by atoms with Crippen molar-refractivity contribution in [3.63, 3.8) is 0 Å². The van der Waals surface area contributed by atoms with Crippen molar-refractivity contribution in [2.45, 2.75) is 31.6 Å². The highest BCUT2D eigenvalue weighted by molar-refractivity contribution is 7.89. The number of nitrogens with one attached hydrogen (secondary N) is 1. The first-order valence-electron chi connectivity index (χ1n) is 11.1. The molecule has 1 aliphatic heterocycles. The van der Waals surface area contributed by atoms with E-state index in [0.717, 1.165) is 12.8 Å². The highest BCUT2D eigenvalue weighted by Gasteiger charge is 2.29. The summed E-state index contributed by atoms with van der Waals surface area (Å²) in [7, 11) is -2.04. The van der Waals surface area contributed by atoms with E-state index in [1.54, 1.807) is 30.8 Å². The Morgan fingerprint density at radius 2 is 1.74 bits per heavy atom. The number of sulfonamides is 1. The molecule has 10 heteroatoms. The van der Waals surface area contributed by atoms with Crippen LogP contribution >= 0.6 is 11.6 Å². The lowest BCUT2D eigenvalue weighted by atomic mass is 10.0. The van der Waals surface area contributed by atoms with Crippen LogP contribution in [0.25, 0.3) is 5.69 Å². The molecule has 34 heavy (non-hydrogen) atoms. The molecule has 1 amide bonds. The molecule has 0 unspecified atom stereocenters. The topological polar surface area (TPSA) is 93.4 Å². The lowest BCUT2D eigenvalue weighted by molar-refractivity contribution is 0.102. The van der Waals surface area contributed by atoms with E-state index in [2.05, 4.69) is 12.2 Å². The van der Waals surface area contributed by atoms with Gasteiger partial charge in [-0.1, -0.05) is 36.7 Å². The first-order chi connectivity index (χ1) is 16.1. The van der Waals surface area contributed by atoms with Crippen LogP contribution in [0.5, 0.6) is 0 Å². The van der Waals surface area contributed by atoms with E-state index in [0.29, 0.717) is 30.4 Å². The minimum absolute atomic E-state index is 0.00285. The number of amides is 1. The maximum absolute atomic E-state index is 13.1. The Balaban J connectivity index is 1.66. The molecule has 2 heterocycles. The first kappa shape index (κ1) is 24.3. The number of rotatable bonds is 5. The van der Waals surface area contributed by atoms with Gasteiger partial charge in [-0.15, -0.1) is 0 Å². The summed E-state index contributed by atoms with van der Waals surface area (Å²) in [4.78, 5) is 26.3. The van der Waals surface area contributed by atoms with Crippen molar-refractivity contribution < 1.29 is 13.2 Å². The maximum Gasteiger partial charge on any atom is 0.295 e. The van der Waals surface area contributed by atoms with Crippen molar-refractivity contribution in [2.24, 2.45) is 13.0 Å². The molecule has 4 rings (SSSR count).